The number of likely N-dealkylation sites (tertiary alicyclic amines) is 1. The molecule has 1 aromatic rings. The van der Waals surface area contributed by atoms with Crippen LogP contribution in [-0.2, 0) is 4.74 Å². The van der Waals surface area contributed by atoms with Crippen LogP contribution in [0, 0.1) is 5.92 Å². The molecule has 0 radical (unpaired) electrons. The summed E-state index contributed by atoms with van der Waals surface area (Å²) in [6.45, 7) is 3.29. The maximum Gasteiger partial charge on any atom is 0.410 e. The van der Waals surface area contributed by atoms with Crippen molar-refractivity contribution in [1.29, 1.82) is 0 Å². The first kappa shape index (κ1) is 17.5. The highest BCUT2D eigenvalue weighted by Crippen LogP contribution is 2.31. The number of aliphatic hydroxyl groups excluding tert-OH is 1. The van der Waals surface area contributed by atoms with Gasteiger partial charge in [0.1, 0.15) is 11.4 Å². The zero-order valence-corrected chi connectivity index (χ0v) is 13.3. The van der Waals surface area contributed by atoms with Gasteiger partial charge >= 0.3 is 12.7 Å². The number of alkyl halides is 2. The van der Waals surface area contributed by atoms with E-state index < -0.39 is 24.4 Å². The molecule has 23 heavy (non-hydrogen) atoms. The average Bonchev–Trinajstić information content (AvgIpc) is 2.34. The molecule has 128 valence electrons. The van der Waals surface area contributed by atoms with Gasteiger partial charge < -0.3 is 19.5 Å². The SMILES string of the molecule is CC(C)(C)OC(=O)N1CC(C(O)c2ccc(OC(F)F)cc2)C1. The molecule has 0 saturated carbocycles. The fourth-order valence-electron chi connectivity index (χ4n) is 2.31. The Bertz CT molecular complexity index is 536. The lowest BCUT2D eigenvalue weighted by atomic mass is 9.89. The molecular weight excluding hydrogens is 308 g/mol. The van der Waals surface area contributed by atoms with Crippen LogP contribution < -0.4 is 4.74 Å². The topological polar surface area (TPSA) is 59.0 Å². The minimum atomic E-state index is -2.88. The lowest BCUT2D eigenvalue weighted by molar-refractivity contribution is -0.0499. The van der Waals surface area contributed by atoms with Crippen molar-refractivity contribution in [2.75, 3.05) is 13.1 Å². The van der Waals surface area contributed by atoms with Crippen molar-refractivity contribution in [3.8, 4) is 5.75 Å². The Morgan fingerprint density at radius 2 is 1.83 bits per heavy atom. The van der Waals surface area contributed by atoms with Crippen molar-refractivity contribution in [3.63, 3.8) is 0 Å². The molecule has 1 aliphatic heterocycles. The maximum atomic E-state index is 12.1. The van der Waals surface area contributed by atoms with Crippen molar-refractivity contribution in [3.05, 3.63) is 29.8 Å². The van der Waals surface area contributed by atoms with Crippen LogP contribution in [0.1, 0.15) is 32.4 Å². The molecule has 1 atom stereocenters. The number of benzene rings is 1. The largest absolute Gasteiger partial charge is 0.444 e. The first-order valence-corrected chi connectivity index (χ1v) is 7.36. The Morgan fingerprint density at radius 3 is 2.30 bits per heavy atom. The number of carbonyl (C=O) groups excluding carboxylic acids is 1. The van der Waals surface area contributed by atoms with Crippen LogP contribution in [0.15, 0.2) is 24.3 Å². The van der Waals surface area contributed by atoms with E-state index in [1.54, 1.807) is 32.9 Å². The second-order valence-electron chi connectivity index (χ2n) is 6.54. The van der Waals surface area contributed by atoms with Crippen LogP contribution in [0.2, 0.25) is 0 Å². The molecule has 7 heteroatoms. The zero-order chi connectivity index (χ0) is 17.2. The number of aliphatic hydroxyl groups is 1. The van der Waals surface area contributed by atoms with E-state index in [2.05, 4.69) is 4.74 Å². The number of rotatable bonds is 4. The number of halogens is 2. The minimum absolute atomic E-state index is 0.0416. The van der Waals surface area contributed by atoms with Gasteiger partial charge in [-0.2, -0.15) is 8.78 Å². The highest BCUT2D eigenvalue weighted by Gasteiger charge is 2.38. The standard InChI is InChI=1S/C16H21F2NO4/c1-16(2,3)23-15(21)19-8-11(9-19)13(20)10-4-6-12(7-5-10)22-14(17)18/h4-7,11,13-14,20H,8-9H2,1-3H3. The molecular formula is C16H21F2NO4. The summed E-state index contributed by atoms with van der Waals surface area (Å²) in [5.74, 6) is -0.0654. The summed E-state index contributed by atoms with van der Waals surface area (Å²) in [5, 5.41) is 10.3. The number of hydrogen-bond acceptors (Lipinski definition) is 4. The second-order valence-corrected chi connectivity index (χ2v) is 6.54. The number of ether oxygens (including phenoxy) is 2. The Hall–Kier alpha value is -1.89. The first-order valence-electron chi connectivity index (χ1n) is 7.36. The Balaban J connectivity index is 1.86. The summed E-state index contributed by atoms with van der Waals surface area (Å²) in [4.78, 5) is 13.3. The first-order chi connectivity index (χ1) is 10.7. The number of carbonyl (C=O) groups is 1. The normalized spacial score (nSPS) is 16.9. The Kier molecular flexibility index (Phi) is 5.09. The Morgan fingerprint density at radius 1 is 1.26 bits per heavy atom. The van der Waals surface area contributed by atoms with Crippen molar-refractivity contribution >= 4 is 6.09 Å². The summed E-state index contributed by atoms with van der Waals surface area (Å²) in [7, 11) is 0. The van der Waals surface area contributed by atoms with Gasteiger partial charge in [0.15, 0.2) is 0 Å². The van der Waals surface area contributed by atoms with Crippen LogP contribution in [0.4, 0.5) is 13.6 Å². The third-order valence-corrected chi connectivity index (χ3v) is 3.45. The highest BCUT2D eigenvalue weighted by atomic mass is 19.3. The number of nitrogens with zero attached hydrogens (tertiary/aromatic N) is 1. The van der Waals surface area contributed by atoms with E-state index in [9.17, 15) is 18.7 Å². The van der Waals surface area contributed by atoms with Crippen LogP contribution in [-0.4, -0.2) is 41.4 Å². The van der Waals surface area contributed by atoms with Gasteiger partial charge in [0.05, 0.1) is 6.10 Å². The van der Waals surface area contributed by atoms with Gasteiger partial charge in [-0.25, -0.2) is 4.79 Å². The molecule has 1 N–H and O–H groups in total. The van der Waals surface area contributed by atoms with E-state index in [1.165, 1.54) is 17.0 Å². The molecule has 2 rings (SSSR count). The number of hydrogen-bond donors (Lipinski definition) is 1. The molecule has 0 spiro atoms. The second kappa shape index (κ2) is 6.70. The van der Waals surface area contributed by atoms with Crippen molar-refractivity contribution < 1.29 is 28.2 Å². The van der Waals surface area contributed by atoms with Crippen molar-refractivity contribution in [2.45, 2.75) is 39.1 Å². The van der Waals surface area contributed by atoms with Gasteiger partial charge in [-0.1, -0.05) is 12.1 Å². The predicted octanol–water partition coefficient (Wildman–Crippen LogP) is 3.19. The summed E-state index contributed by atoms with van der Waals surface area (Å²) in [6, 6.07) is 5.85. The molecule has 5 nitrogen and oxygen atoms in total. The van der Waals surface area contributed by atoms with Gasteiger partial charge in [-0.05, 0) is 38.5 Å². The molecule has 1 heterocycles. The van der Waals surface area contributed by atoms with E-state index in [0.717, 1.165) is 0 Å². The molecule has 1 unspecified atom stereocenters. The van der Waals surface area contributed by atoms with Crippen molar-refractivity contribution in [2.24, 2.45) is 5.92 Å². The molecule has 0 aromatic heterocycles. The fraction of sp³-hybridized carbons (Fsp3) is 0.562. The van der Waals surface area contributed by atoms with Gasteiger partial charge in [0.2, 0.25) is 0 Å². The monoisotopic (exact) mass is 329 g/mol. The van der Waals surface area contributed by atoms with E-state index in [-0.39, 0.29) is 11.7 Å². The fourth-order valence-corrected chi connectivity index (χ4v) is 2.31. The van der Waals surface area contributed by atoms with Gasteiger partial charge in [0, 0.05) is 19.0 Å². The summed E-state index contributed by atoms with van der Waals surface area (Å²) in [5.41, 5.74) is 0.0434. The summed E-state index contributed by atoms with van der Waals surface area (Å²) < 4.78 is 33.7. The van der Waals surface area contributed by atoms with Gasteiger partial charge in [0.25, 0.3) is 0 Å². The molecule has 1 amide bonds. The average molecular weight is 329 g/mol. The lowest BCUT2D eigenvalue weighted by Gasteiger charge is -2.42. The molecule has 1 fully saturated rings. The molecule has 1 aromatic carbocycles. The van der Waals surface area contributed by atoms with Crippen LogP contribution in [0.5, 0.6) is 5.75 Å². The minimum Gasteiger partial charge on any atom is -0.444 e. The van der Waals surface area contributed by atoms with E-state index in [0.29, 0.717) is 18.7 Å². The van der Waals surface area contributed by atoms with Crippen LogP contribution >= 0.6 is 0 Å². The quantitative estimate of drug-likeness (QED) is 0.922. The lowest BCUT2D eigenvalue weighted by Crippen LogP contribution is -2.53. The van der Waals surface area contributed by atoms with Crippen molar-refractivity contribution in [1.82, 2.24) is 4.90 Å². The van der Waals surface area contributed by atoms with Crippen LogP contribution in [0.3, 0.4) is 0 Å². The maximum absolute atomic E-state index is 12.1. The third kappa shape index (κ3) is 4.79. The Labute approximate surface area is 133 Å². The summed E-state index contributed by atoms with van der Waals surface area (Å²) in [6.07, 6.45) is -1.17. The van der Waals surface area contributed by atoms with Gasteiger partial charge in [-0.15, -0.1) is 0 Å². The van der Waals surface area contributed by atoms with E-state index >= 15 is 0 Å². The molecule has 0 bridgehead atoms. The number of amides is 1. The van der Waals surface area contributed by atoms with E-state index in [4.69, 9.17) is 4.74 Å². The molecule has 0 aliphatic carbocycles. The molecule has 1 saturated heterocycles. The van der Waals surface area contributed by atoms with Gasteiger partial charge in [-0.3, -0.25) is 0 Å². The molecule has 1 aliphatic rings. The third-order valence-electron chi connectivity index (χ3n) is 3.45. The predicted molar refractivity (Wildman–Crippen MR) is 79.3 cm³/mol. The zero-order valence-electron chi connectivity index (χ0n) is 13.3. The highest BCUT2D eigenvalue weighted by molar-refractivity contribution is 5.69. The summed E-state index contributed by atoms with van der Waals surface area (Å²) >= 11 is 0. The van der Waals surface area contributed by atoms with Crippen LogP contribution in [0.25, 0.3) is 0 Å². The van der Waals surface area contributed by atoms with E-state index in [1.807, 2.05) is 0 Å². The smallest absolute Gasteiger partial charge is 0.410 e.